The van der Waals surface area contributed by atoms with Crippen LogP contribution in [0.5, 0.6) is 0 Å². The van der Waals surface area contributed by atoms with Crippen LogP contribution in [-0.4, -0.2) is 74.8 Å². The fourth-order valence-electron chi connectivity index (χ4n) is 5.57. The van der Waals surface area contributed by atoms with Crippen LogP contribution in [0.1, 0.15) is 37.6 Å². The van der Waals surface area contributed by atoms with Crippen LogP contribution >= 0.6 is 0 Å². The van der Waals surface area contributed by atoms with Crippen LogP contribution in [0.15, 0.2) is 30.6 Å². The Bertz CT molecular complexity index is 1150. The number of anilines is 1. The third-order valence-electron chi connectivity index (χ3n) is 7.69. The van der Waals surface area contributed by atoms with E-state index >= 15 is 0 Å². The summed E-state index contributed by atoms with van der Waals surface area (Å²) in [5, 5.41) is 13.8. The first-order chi connectivity index (χ1) is 17.1. The molecule has 2 aliphatic heterocycles. The zero-order chi connectivity index (χ0) is 24.4. The number of methoxy groups -OCH3 is 1. The molecular weight excluding hydrogens is 444 g/mol. The normalized spacial score (nSPS) is 19.3. The smallest absolute Gasteiger partial charge is 0.414 e. The second kappa shape index (κ2) is 10.4. The molecule has 2 aromatic heterocycles. The summed E-state index contributed by atoms with van der Waals surface area (Å²) in [6, 6.07) is 6.21. The third-order valence-corrected chi connectivity index (χ3v) is 7.69. The number of imidazole rings is 1. The Morgan fingerprint density at radius 3 is 2.71 bits per heavy atom. The number of rotatable bonds is 7. The van der Waals surface area contributed by atoms with Crippen LogP contribution < -0.4 is 4.90 Å². The summed E-state index contributed by atoms with van der Waals surface area (Å²) < 4.78 is 9.39. The van der Waals surface area contributed by atoms with Gasteiger partial charge in [0.1, 0.15) is 5.82 Å². The van der Waals surface area contributed by atoms with Crippen molar-refractivity contribution in [3.05, 3.63) is 42.0 Å². The molecule has 1 fully saturated rings. The highest BCUT2D eigenvalue weighted by Gasteiger charge is 2.31. The number of benzene rings is 1. The molecule has 9 nitrogen and oxygen atoms in total. The first kappa shape index (κ1) is 23.8. The fourth-order valence-corrected chi connectivity index (χ4v) is 5.57. The molecule has 9 heteroatoms. The first-order valence-electron chi connectivity index (χ1n) is 12.8. The van der Waals surface area contributed by atoms with E-state index in [1.807, 2.05) is 16.9 Å². The van der Waals surface area contributed by atoms with E-state index in [1.165, 1.54) is 7.11 Å². The van der Waals surface area contributed by atoms with Gasteiger partial charge in [-0.05, 0) is 69.8 Å². The van der Waals surface area contributed by atoms with E-state index in [-0.39, 0.29) is 12.1 Å². The lowest BCUT2D eigenvalue weighted by Gasteiger charge is -2.34. The Hall–Kier alpha value is -2.91. The number of carbonyl (C=O) groups excluding carboxylic acids is 1. The number of aryl methyl sites for hydroxylation is 3. The lowest BCUT2D eigenvalue weighted by Crippen LogP contribution is -2.42. The molecule has 2 aliphatic rings. The largest absolute Gasteiger partial charge is 0.452 e. The van der Waals surface area contributed by atoms with Gasteiger partial charge < -0.3 is 19.3 Å². The molecule has 1 N–H and O–H groups in total. The van der Waals surface area contributed by atoms with E-state index < -0.39 is 0 Å². The van der Waals surface area contributed by atoms with Gasteiger partial charge in [0.15, 0.2) is 0 Å². The number of aliphatic hydroxyl groups is 1. The van der Waals surface area contributed by atoms with Crippen LogP contribution in [0, 0.1) is 5.92 Å². The Balaban J connectivity index is 1.46. The minimum Gasteiger partial charge on any atom is -0.452 e. The van der Waals surface area contributed by atoms with Gasteiger partial charge in [0, 0.05) is 56.7 Å². The number of piperidine rings is 1. The van der Waals surface area contributed by atoms with E-state index in [2.05, 4.69) is 33.6 Å². The van der Waals surface area contributed by atoms with Gasteiger partial charge in [-0.15, -0.1) is 0 Å². The molecule has 1 aromatic carbocycles. The van der Waals surface area contributed by atoms with E-state index in [0.29, 0.717) is 12.5 Å². The van der Waals surface area contributed by atoms with Crippen molar-refractivity contribution in [2.24, 2.45) is 5.92 Å². The maximum absolute atomic E-state index is 12.6. The SMILES string of the molecule is COC(=O)N1c2ccc3c(nc(CCn4cccn4)n3CCN3CCC(CO)CC3)c2CC[C@@H]1C. The summed E-state index contributed by atoms with van der Waals surface area (Å²) in [6.45, 7) is 7.02. The van der Waals surface area contributed by atoms with Crippen molar-refractivity contribution in [1.29, 1.82) is 0 Å². The van der Waals surface area contributed by atoms with Crippen molar-refractivity contribution in [2.45, 2.75) is 58.2 Å². The zero-order valence-corrected chi connectivity index (χ0v) is 20.8. The maximum Gasteiger partial charge on any atom is 0.414 e. The highest BCUT2D eigenvalue weighted by Crippen LogP contribution is 2.36. The second-order valence-corrected chi connectivity index (χ2v) is 9.83. The van der Waals surface area contributed by atoms with Crippen molar-refractivity contribution >= 4 is 22.8 Å². The summed E-state index contributed by atoms with van der Waals surface area (Å²) >= 11 is 0. The molecule has 1 saturated heterocycles. The number of nitrogens with zero attached hydrogens (tertiary/aromatic N) is 6. The molecule has 4 heterocycles. The van der Waals surface area contributed by atoms with E-state index in [4.69, 9.17) is 9.72 Å². The van der Waals surface area contributed by atoms with Gasteiger partial charge >= 0.3 is 6.09 Å². The van der Waals surface area contributed by atoms with Crippen LogP contribution in [0.2, 0.25) is 0 Å². The predicted octanol–water partition coefficient (Wildman–Crippen LogP) is 3.09. The lowest BCUT2D eigenvalue weighted by molar-refractivity contribution is 0.129. The molecule has 3 aromatic rings. The zero-order valence-electron chi connectivity index (χ0n) is 20.8. The molecule has 35 heavy (non-hydrogen) atoms. The average molecular weight is 481 g/mol. The molecule has 0 aliphatic carbocycles. The molecule has 0 unspecified atom stereocenters. The standard InChI is InChI=1S/C26H36N6O3/c1-19-4-5-21-22(32(19)26(34)35-2)6-7-23-25(21)28-24(10-15-30-12-3-11-27-30)31(23)17-16-29-13-8-20(18-33)9-14-29/h3,6-7,11-12,19-20,33H,4-5,8-10,13-18H2,1-2H3/t19-/m0/s1. The molecule has 5 rings (SSSR count). The molecule has 0 saturated carbocycles. The quantitative estimate of drug-likeness (QED) is 0.559. The first-order valence-corrected chi connectivity index (χ1v) is 12.8. The molecule has 1 amide bonds. The van der Waals surface area contributed by atoms with E-state index in [9.17, 15) is 9.90 Å². The summed E-state index contributed by atoms with van der Waals surface area (Å²) in [4.78, 5) is 22.0. The van der Waals surface area contributed by atoms with E-state index in [1.54, 1.807) is 11.1 Å². The number of aliphatic hydroxyl groups excluding tert-OH is 1. The highest BCUT2D eigenvalue weighted by molar-refractivity contribution is 5.95. The van der Waals surface area contributed by atoms with Gasteiger partial charge in [0.25, 0.3) is 0 Å². The van der Waals surface area contributed by atoms with Gasteiger partial charge in [-0.1, -0.05) is 0 Å². The number of fused-ring (bicyclic) bond motifs is 3. The van der Waals surface area contributed by atoms with Crippen LogP contribution in [-0.2, 0) is 30.7 Å². The number of aromatic nitrogens is 4. The number of amides is 1. The predicted molar refractivity (Wildman–Crippen MR) is 135 cm³/mol. The number of carbonyl (C=O) groups is 1. The molecule has 0 radical (unpaired) electrons. The Morgan fingerprint density at radius 1 is 1.17 bits per heavy atom. The summed E-state index contributed by atoms with van der Waals surface area (Å²) in [6.07, 6.45) is 8.15. The van der Waals surface area contributed by atoms with Gasteiger partial charge in [-0.3, -0.25) is 9.58 Å². The van der Waals surface area contributed by atoms with Crippen LogP contribution in [0.4, 0.5) is 10.5 Å². The summed E-state index contributed by atoms with van der Waals surface area (Å²) in [5.41, 5.74) is 4.17. The molecule has 0 bridgehead atoms. The minimum atomic E-state index is -0.317. The topological polar surface area (TPSA) is 88.7 Å². The molecular formula is C26H36N6O3. The monoisotopic (exact) mass is 480 g/mol. The van der Waals surface area contributed by atoms with Crippen LogP contribution in [0.25, 0.3) is 11.0 Å². The third kappa shape index (κ3) is 4.79. The van der Waals surface area contributed by atoms with Gasteiger partial charge in [-0.2, -0.15) is 5.10 Å². The van der Waals surface area contributed by atoms with Crippen molar-refractivity contribution in [3.63, 3.8) is 0 Å². The van der Waals surface area contributed by atoms with Gasteiger partial charge in [0.05, 0.1) is 23.8 Å². The number of hydrogen-bond donors (Lipinski definition) is 1. The maximum atomic E-state index is 12.6. The number of likely N-dealkylation sites (tertiary alicyclic amines) is 1. The number of ether oxygens (including phenoxy) is 1. The summed E-state index contributed by atoms with van der Waals surface area (Å²) in [5.74, 6) is 1.49. The Kier molecular flexibility index (Phi) is 7.06. The molecule has 1 atom stereocenters. The highest BCUT2D eigenvalue weighted by atomic mass is 16.5. The van der Waals surface area contributed by atoms with E-state index in [0.717, 1.165) is 92.9 Å². The number of hydrogen-bond acceptors (Lipinski definition) is 6. The Morgan fingerprint density at radius 2 is 2.00 bits per heavy atom. The average Bonchev–Trinajstić information content (AvgIpc) is 3.53. The lowest BCUT2D eigenvalue weighted by atomic mass is 9.96. The van der Waals surface area contributed by atoms with Gasteiger partial charge in [0.2, 0.25) is 0 Å². The fraction of sp³-hybridized carbons (Fsp3) is 0.577. The van der Waals surface area contributed by atoms with Crippen molar-refractivity contribution < 1.29 is 14.6 Å². The van der Waals surface area contributed by atoms with Crippen molar-refractivity contribution in [1.82, 2.24) is 24.2 Å². The van der Waals surface area contributed by atoms with Crippen molar-refractivity contribution in [2.75, 3.05) is 38.3 Å². The second-order valence-electron chi connectivity index (χ2n) is 9.83. The minimum absolute atomic E-state index is 0.0932. The van der Waals surface area contributed by atoms with Crippen LogP contribution in [0.3, 0.4) is 0 Å². The van der Waals surface area contributed by atoms with Gasteiger partial charge in [-0.25, -0.2) is 9.78 Å². The Labute approximate surface area is 206 Å². The van der Waals surface area contributed by atoms with Crippen molar-refractivity contribution in [3.8, 4) is 0 Å². The summed E-state index contributed by atoms with van der Waals surface area (Å²) in [7, 11) is 1.44. The molecule has 188 valence electrons. The molecule has 0 spiro atoms.